The molecule has 9 heteroatoms. The summed E-state index contributed by atoms with van der Waals surface area (Å²) in [7, 11) is 0. The number of ether oxygens (including phenoxy) is 1. The predicted octanol–water partition coefficient (Wildman–Crippen LogP) is 4.85. The highest BCUT2D eigenvalue weighted by Crippen LogP contribution is 2.41. The van der Waals surface area contributed by atoms with Gasteiger partial charge in [0.25, 0.3) is 0 Å². The van der Waals surface area contributed by atoms with E-state index >= 15 is 0 Å². The Morgan fingerprint density at radius 2 is 1.68 bits per heavy atom. The van der Waals surface area contributed by atoms with Crippen molar-refractivity contribution in [2.24, 2.45) is 5.41 Å². The van der Waals surface area contributed by atoms with Gasteiger partial charge in [-0.15, -0.1) is 0 Å². The normalized spacial score (nSPS) is 19.5. The highest BCUT2D eigenvalue weighted by molar-refractivity contribution is 6.40. The minimum Gasteiger partial charge on any atom is -0.427 e. The van der Waals surface area contributed by atoms with Gasteiger partial charge in [0.1, 0.15) is 5.69 Å². The Kier molecular flexibility index (Phi) is 4.27. The Morgan fingerprint density at radius 3 is 2.05 bits per heavy atom. The molecular weight excluding hydrogens is 344 g/mol. The zero-order valence-corrected chi connectivity index (χ0v) is 13.4. The summed E-state index contributed by atoms with van der Waals surface area (Å²) in [5, 5.41) is 0.304. The predicted molar refractivity (Wildman–Crippen MR) is 76.8 cm³/mol. The second kappa shape index (κ2) is 5.47. The first-order valence-corrected chi connectivity index (χ1v) is 7.00. The number of rotatable bonds is 1. The van der Waals surface area contributed by atoms with Gasteiger partial charge in [-0.25, -0.2) is 9.80 Å². The molecule has 0 aromatic heterocycles. The second-order valence-corrected chi connectivity index (χ2v) is 6.69. The molecule has 22 heavy (non-hydrogen) atoms. The Bertz CT molecular complexity index is 591. The third-order valence-electron chi connectivity index (χ3n) is 3.00. The van der Waals surface area contributed by atoms with Gasteiger partial charge in [-0.1, -0.05) is 44.0 Å². The van der Waals surface area contributed by atoms with E-state index < -0.39 is 29.5 Å². The first-order valence-electron chi connectivity index (χ1n) is 6.24. The number of nitrogens with one attached hydrogen (secondary N) is 1. The maximum absolute atomic E-state index is 12.7. The van der Waals surface area contributed by atoms with Gasteiger partial charge in [-0.3, -0.25) is 0 Å². The summed E-state index contributed by atoms with van der Waals surface area (Å²) >= 11 is 11.7. The molecule has 1 aliphatic heterocycles. The first kappa shape index (κ1) is 17.2. The lowest BCUT2D eigenvalue weighted by Gasteiger charge is -2.25. The molecule has 0 saturated carbocycles. The minimum absolute atomic E-state index is 0.0758. The van der Waals surface area contributed by atoms with Crippen LogP contribution in [0.2, 0.25) is 10.0 Å². The van der Waals surface area contributed by atoms with E-state index in [9.17, 15) is 18.0 Å². The summed E-state index contributed by atoms with van der Waals surface area (Å²) in [5.41, 5.74) is 1.26. The average Bonchev–Trinajstić information content (AvgIpc) is 2.69. The van der Waals surface area contributed by atoms with Crippen LogP contribution >= 0.6 is 23.2 Å². The number of hydrogen-bond acceptors (Lipinski definition) is 3. The van der Waals surface area contributed by atoms with Crippen LogP contribution in [0.4, 0.5) is 23.7 Å². The van der Waals surface area contributed by atoms with Gasteiger partial charge in [-0.05, 0) is 12.1 Å². The molecule has 1 fully saturated rings. The van der Waals surface area contributed by atoms with Crippen LogP contribution in [0, 0.1) is 5.41 Å². The minimum atomic E-state index is -4.58. The van der Waals surface area contributed by atoms with Crippen LogP contribution in [-0.2, 0) is 10.9 Å². The van der Waals surface area contributed by atoms with E-state index in [-0.39, 0.29) is 15.7 Å². The first-order chi connectivity index (χ1) is 9.91. The average molecular weight is 357 g/mol. The van der Waals surface area contributed by atoms with Gasteiger partial charge in [0.2, 0.25) is 0 Å². The molecule has 122 valence electrons. The quantitative estimate of drug-likeness (QED) is 0.782. The van der Waals surface area contributed by atoms with Gasteiger partial charge < -0.3 is 4.74 Å². The van der Waals surface area contributed by atoms with E-state index in [1.54, 1.807) is 0 Å². The van der Waals surface area contributed by atoms with Gasteiger partial charge in [0.05, 0.1) is 15.6 Å². The van der Waals surface area contributed by atoms with Crippen molar-refractivity contribution >= 4 is 35.0 Å². The summed E-state index contributed by atoms with van der Waals surface area (Å²) in [6, 6.07) is 1.42. The van der Waals surface area contributed by atoms with Gasteiger partial charge in [0, 0.05) is 5.41 Å². The molecule has 1 aromatic rings. The lowest BCUT2D eigenvalue weighted by Crippen LogP contribution is -2.43. The summed E-state index contributed by atoms with van der Waals surface area (Å²) in [5.74, 6) is 0. The van der Waals surface area contributed by atoms with Crippen LogP contribution < -0.4 is 10.4 Å². The van der Waals surface area contributed by atoms with Gasteiger partial charge in [0.15, 0.2) is 6.23 Å². The molecule has 1 unspecified atom stereocenters. The van der Waals surface area contributed by atoms with Crippen molar-refractivity contribution in [3.05, 3.63) is 27.7 Å². The van der Waals surface area contributed by atoms with Crippen molar-refractivity contribution < 1.29 is 22.7 Å². The molecule has 1 aromatic carbocycles. The topological polar surface area (TPSA) is 41.6 Å². The summed E-state index contributed by atoms with van der Waals surface area (Å²) < 4.78 is 43.3. The maximum atomic E-state index is 12.7. The van der Waals surface area contributed by atoms with E-state index in [1.165, 1.54) is 0 Å². The van der Waals surface area contributed by atoms with Crippen LogP contribution in [0.3, 0.4) is 0 Å². The van der Waals surface area contributed by atoms with E-state index in [2.05, 4.69) is 5.43 Å². The fraction of sp³-hybridized carbons (Fsp3) is 0.462. The van der Waals surface area contributed by atoms with Crippen LogP contribution in [0.15, 0.2) is 12.1 Å². The van der Waals surface area contributed by atoms with E-state index in [0.29, 0.717) is 12.1 Å². The SMILES string of the molecule is CC(C)(C)C1NN(c2c(Cl)cc(C(F)(F)F)cc2Cl)C(=O)O1. The number of benzene rings is 1. The lowest BCUT2D eigenvalue weighted by molar-refractivity contribution is -0.137. The van der Waals surface area contributed by atoms with Crippen LogP contribution in [0.1, 0.15) is 26.3 Å². The third kappa shape index (κ3) is 3.26. The van der Waals surface area contributed by atoms with Crippen molar-refractivity contribution in [3.8, 4) is 0 Å². The molecule has 4 nitrogen and oxygen atoms in total. The molecule has 1 saturated heterocycles. The Labute approximate surface area is 135 Å². The lowest BCUT2D eigenvalue weighted by atomic mass is 9.95. The standard InChI is InChI=1S/C13H13Cl2F3N2O2/c1-12(2,3)10-19-20(11(21)22-10)9-7(14)4-6(5-8(9)15)13(16,17)18/h4-5,10,19H,1-3H3. The number of carbonyl (C=O) groups excluding carboxylic acids is 1. The molecule has 0 aliphatic carbocycles. The number of hydrazine groups is 1. The smallest absolute Gasteiger partial charge is 0.427 e. The number of amides is 1. The van der Waals surface area contributed by atoms with Crippen molar-refractivity contribution in [1.82, 2.24) is 5.43 Å². The number of nitrogens with zero attached hydrogens (tertiary/aromatic N) is 1. The van der Waals surface area contributed by atoms with Crippen molar-refractivity contribution in [3.63, 3.8) is 0 Å². The molecule has 0 bridgehead atoms. The van der Waals surface area contributed by atoms with Crippen LogP contribution in [0.5, 0.6) is 0 Å². The molecule has 0 radical (unpaired) electrons. The third-order valence-corrected chi connectivity index (χ3v) is 3.58. The Balaban J connectivity index is 2.40. The molecular formula is C13H13Cl2F3N2O2. The molecule has 1 atom stereocenters. The van der Waals surface area contributed by atoms with E-state index in [1.807, 2.05) is 20.8 Å². The Hall–Kier alpha value is -1.18. The number of hydrogen-bond donors (Lipinski definition) is 1. The van der Waals surface area contributed by atoms with Crippen LogP contribution in [-0.4, -0.2) is 12.3 Å². The van der Waals surface area contributed by atoms with E-state index in [4.69, 9.17) is 27.9 Å². The molecule has 0 spiro atoms. The summed E-state index contributed by atoms with van der Waals surface area (Å²) in [6.07, 6.45) is -6.03. The second-order valence-electron chi connectivity index (χ2n) is 5.88. The van der Waals surface area contributed by atoms with Crippen molar-refractivity contribution in [2.75, 3.05) is 5.01 Å². The number of carbonyl (C=O) groups is 1. The van der Waals surface area contributed by atoms with Crippen molar-refractivity contribution in [1.29, 1.82) is 0 Å². The summed E-state index contributed by atoms with van der Waals surface area (Å²) in [4.78, 5) is 11.9. The molecule has 1 heterocycles. The molecule has 1 aliphatic rings. The molecule has 1 N–H and O–H groups in total. The highest BCUT2D eigenvalue weighted by atomic mass is 35.5. The monoisotopic (exact) mass is 356 g/mol. The maximum Gasteiger partial charge on any atom is 0.430 e. The fourth-order valence-electron chi connectivity index (χ4n) is 1.82. The zero-order chi connectivity index (χ0) is 16.9. The number of alkyl halides is 3. The molecule has 2 rings (SSSR count). The number of halogens is 5. The van der Waals surface area contributed by atoms with Gasteiger partial charge >= 0.3 is 12.3 Å². The highest BCUT2D eigenvalue weighted by Gasteiger charge is 2.41. The summed E-state index contributed by atoms with van der Waals surface area (Å²) in [6.45, 7) is 5.49. The Morgan fingerprint density at radius 1 is 1.18 bits per heavy atom. The van der Waals surface area contributed by atoms with Gasteiger partial charge in [-0.2, -0.15) is 18.6 Å². The molecule has 1 amide bonds. The zero-order valence-electron chi connectivity index (χ0n) is 11.9. The van der Waals surface area contributed by atoms with Crippen LogP contribution in [0.25, 0.3) is 0 Å². The number of cyclic esters (lactones) is 1. The largest absolute Gasteiger partial charge is 0.430 e. The van der Waals surface area contributed by atoms with E-state index in [0.717, 1.165) is 5.01 Å². The van der Waals surface area contributed by atoms with Crippen molar-refractivity contribution in [2.45, 2.75) is 33.2 Å². The fourth-order valence-corrected chi connectivity index (χ4v) is 2.47. The number of anilines is 1.